The number of piperidine rings is 1. The third kappa shape index (κ3) is 8.13. The second kappa shape index (κ2) is 13.7. The molecule has 1 aliphatic heterocycles. The first-order valence-corrected chi connectivity index (χ1v) is 12.6. The van der Waals surface area contributed by atoms with Crippen LogP contribution in [0.5, 0.6) is 0 Å². The van der Waals surface area contributed by atoms with Crippen molar-refractivity contribution in [2.45, 2.75) is 105 Å². The van der Waals surface area contributed by atoms with Crippen LogP contribution in [0.2, 0.25) is 0 Å². The summed E-state index contributed by atoms with van der Waals surface area (Å²) in [7, 11) is 1.75. The molecule has 0 saturated carbocycles. The molecule has 1 unspecified atom stereocenters. The van der Waals surface area contributed by atoms with E-state index < -0.39 is 6.04 Å². The van der Waals surface area contributed by atoms with Crippen molar-refractivity contribution in [2.75, 3.05) is 20.2 Å². The van der Waals surface area contributed by atoms with Crippen molar-refractivity contribution in [3.05, 3.63) is 11.6 Å². The molecule has 0 bridgehead atoms. The van der Waals surface area contributed by atoms with E-state index in [2.05, 4.69) is 24.1 Å². The van der Waals surface area contributed by atoms with E-state index in [9.17, 15) is 14.4 Å². The van der Waals surface area contributed by atoms with Crippen molar-refractivity contribution in [3.8, 4) is 0 Å². The number of likely N-dealkylation sites (N-methyl/N-ethyl adjacent to an activating group) is 1. The van der Waals surface area contributed by atoms with Gasteiger partial charge in [-0.1, -0.05) is 47.1 Å². The quantitative estimate of drug-likeness (QED) is 0.371. The number of rotatable bonds is 11. The van der Waals surface area contributed by atoms with E-state index in [1.807, 2.05) is 27.7 Å². The third-order valence-corrected chi connectivity index (χ3v) is 6.73. The van der Waals surface area contributed by atoms with E-state index >= 15 is 0 Å². The number of ether oxygens (including phenoxy) is 1. The molecule has 4 atom stereocenters. The first-order valence-electron chi connectivity index (χ1n) is 12.6. The Hall–Kier alpha value is -1.89. The second-order valence-electron chi connectivity index (χ2n) is 9.99. The molecule has 1 saturated heterocycles. The van der Waals surface area contributed by atoms with Crippen LogP contribution < -0.4 is 5.32 Å². The molecule has 1 N–H and O–H groups in total. The van der Waals surface area contributed by atoms with E-state index in [1.165, 1.54) is 0 Å². The highest BCUT2D eigenvalue weighted by molar-refractivity contribution is 5.91. The molecule has 190 valence electrons. The molecule has 7 nitrogen and oxygen atoms in total. The molecule has 0 spiro atoms. The largest absolute Gasteiger partial charge is 0.463 e. The lowest BCUT2D eigenvalue weighted by atomic mass is 9.95. The molecule has 0 aromatic carbocycles. The van der Waals surface area contributed by atoms with Gasteiger partial charge in [-0.2, -0.15) is 0 Å². The Morgan fingerprint density at radius 3 is 2.24 bits per heavy atom. The molecule has 0 aliphatic carbocycles. The van der Waals surface area contributed by atoms with Crippen LogP contribution in [-0.2, 0) is 19.1 Å². The van der Waals surface area contributed by atoms with Gasteiger partial charge in [0.2, 0.25) is 11.8 Å². The number of nitrogens with zero attached hydrogens (tertiary/aromatic N) is 2. The van der Waals surface area contributed by atoms with Crippen LogP contribution in [0.15, 0.2) is 11.6 Å². The molecule has 1 aliphatic rings. The molecular weight excluding hydrogens is 418 g/mol. The van der Waals surface area contributed by atoms with Crippen molar-refractivity contribution < 1.29 is 19.1 Å². The van der Waals surface area contributed by atoms with Gasteiger partial charge in [0.15, 0.2) is 0 Å². The second-order valence-corrected chi connectivity index (χ2v) is 9.99. The Morgan fingerprint density at radius 2 is 1.73 bits per heavy atom. The van der Waals surface area contributed by atoms with Gasteiger partial charge in [-0.25, -0.2) is 4.79 Å². The van der Waals surface area contributed by atoms with Crippen molar-refractivity contribution in [1.82, 2.24) is 15.1 Å². The van der Waals surface area contributed by atoms with Crippen LogP contribution in [0.25, 0.3) is 0 Å². The van der Waals surface area contributed by atoms with E-state index in [0.29, 0.717) is 18.2 Å². The summed E-state index contributed by atoms with van der Waals surface area (Å²) in [4.78, 5) is 42.9. The smallest absolute Gasteiger partial charge is 0.333 e. The Labute approximate surface area is 201 Å². The number of esters is 1. The highest BCUT2D eigenvalue weighted by Gasteiger charge is 2.36. The lowest BCUT2D eigenvalue weighted by molar-refractivity contribution is -0.140. The summed E-state index contributed by atoms with van der Waals surface area (Å²) in [5, 5.41) is 3.08. The number of likely N-dealkylation sites (tertiary alicyclic amines) is 1. The van der Waals surface area contributed by atoms with Gasteiger partial charge in [0.1, 0.15) is 6.04 Å². The Morgan fingerprint density at radius 1 is 1.09 bits per heavy atom. The van der Waals surface area contributed by atoms with Crippen LogP contribution in [0, 0.1) is 11.8 Å². The fourth-order valence-corrected chi connectivity index (χ4v) is 4.45. The predicted molar refractivity (Wildman–Crippen MR) is 133 cm³/mol. The molecule has 1 rings (SSSR count). The summed E-state index contributed by atoms with van der Waals surface area (Å²) in [5.41, 5.74) is 0.478. The van der Waals surface area contributed by atoms with Crippen molar-refractivity contribution in [2.24, 2.45) is 11.8 Å². The van der Waals surface area contributed by atoms with Crippen molar-refractivity contribution >= 4 is 17.8 Å². The number of nitrogens with one attached hydrogen (secondary N) is 1. The first-order chi connectivity index (χ1) is 15.5. The minimum Gasteiger partial charge on any atom is -0.463 e. The van der Waals surface area contributed by atoms with Gasteiger partial charge < -0.3 is 15.0 Å². The van der Waals surface area contributed by atoms with Gasteiger partial charge in [0.05, 0.1) is 18.7 Å². The van der Waals surface area contributed by atoms with Crippen LogP contribution in [-0.4, -0.2) is 72.0 Å². The number of carbonyl (C=O) groups excluding carboxylic acids is 3. The molecule has 1 fully saturated rings. The Balaban J connectivity index is 3.07. The summed E-state index contributed by atoms with van der Waals surface area (Å²) in [6.07, 6.45) is 5.73. The monoisotopic (exact) mass is 465 g/mol. The van der Waals surface area contributed by atoms with Gasteiger partial charge in [0.25, 0.3) is 0 Å². The average Bonchev–Trinajstić information content (AvgIpc) is 2.78. The molecule has 0 radical (unpaired) electrons. The zero-order chi connectivity index (χ0) is 25.3. The maximum absolute atomic E-state index is 13.5. The zero-order valence-corrected chi connectivity index (χ0v) is 22.3. The molecule has 0 aromatic heterocycles. The van der Waals surface area contributed by atoms with E-state index in [-0.39, 0.29) is 41.7 Å². The molecule has 1 heterocycles. The summed E-state index contributed by atoms with van der Waals surface area (Å²) in [6.45, 7) is 16.9. The predicted octanol–water partition coefficient (Wildman–Crippen LogP) is 3.77. The van der Waals surface area contributed by atoms with Crippen LogP contribution >= 0.6 is 0 Å². The topological polar surface area (TPSA) is 79.0 Å². The number of carbonyl (C=O) groups is 3. The highest BCUT2D eigenvalue weighted by Crippen LogP contribution is 2.22. The number of amides is 2. The molecule has 33 heavy (non-hydrogen) atoms. The minimum absolute atomic E-state index is 0.0604. The molecule has 2 amide bonds. The normalized spacial score (nSPS) is 20.3. The van der Waals surface area contributed by atoms with Gasteiger partial charge in [-0.3, -0.25) is 14.5 Å². The minimum atomic E-state index is -0.624. The van der Waals surface area contributed by atoms with Crippen molar-refractivity contribution in [1.29, 1.82) is 0 Å². The molecular formula is C26H47N3O4. The SMILES string of the molecule is CCOC(=O)/C(C)=C/[C@H](C(C)C)N(C)C(=O)[C@@H](NC(=O)[C@H]1CCCCN1C(C)CC)C(C)C. The molecule has 7 heteroatoms. The van der Waals surface area contributed by atoms with E-state index in [0.717, 1.165) is 32.2 Å². The lowest BCUT2D eigenvalue weighted by Crippen LogP contribution is -2.59. The fraction of sp³-hybridized carbons (Fsp3) is 0.808. The van der Waals surface area contributed by atoms with Crippen LogP contribution in [0.4, 0.5) is 0 Å². The summed E-state index contributed by atoms with van der Waals surface area (Å²) in [5.74, 6) is -0.552. The van der Waals surface area contributed by atoms with E-state index in [1.54, 1.807) is 31.9 Å². The molecule has 0 aromatic rings. The first kappa shape index (κ1) is 29.1. The lowest BCUT2D eigenvalue weighted by Gasteiger charge is -2.40. The van der Waals surface area contributed by atoms with Gasteiger partial charge in [-0.05, 0) is 58.4 Å². The Bertz CT molecular complexity index is 689. The maximum atomic E-state index is 13.5. The summed E-state index contributed by atoms with van der Waals surface area (Å²) >= 11 is 0. The Kier molecular flexibility index (Phi) is 12.1. The number of hydrogen-bond donors (Lipinski definition) is 1. The zero-order valence-electron chi connectivity index (χ0n) is 22.3. The summed E-state index contributed by atoms with van der Waals surface area (Å²) in [6, 6.07) is -0.773. The van der Waals surface area contributed by atoms with Gasteiger partial charge >= 0.3 is 5.97 Å². The maximum Gasteiger partial charge on any atom is 0.333 e. The number of hydrogen-bond acceptors (Lipinski definition) is 5. The van der Waals surface area contributed by atoms with Crippen molar-refractivity contribution in [3.63, 3.8) is 0 Å². The fourth-order valence-electron chi connectivity index (χ4n) is 4.45. The average molecular weight is 466 g/mol. The van der Waals surface area contributed by atoms with Crippen LogP contribution in [0.3, 0.4) is 0 Å². The van der Waals surface area contributed by atoms with Crippen LogP contribution in [0.1, 0.15) is 81.1 Å². The third-order valence-electron chi connectivity index (χ3n) is 6.73. The van der Waals surface area contributed by atoms with E-state index in [4.69, 9.17) is 4.74 Å². The van der Waals surface area contributed by atoms with Gasteiger partial charge in [0, 0.05) is 18.7 Å². The van der Waals surface area contributed by atoms with Gasteiger partial charge in [-0.15, -0.1) is 0 Å². The standard InChI is InChI=1S/C26H47N3O4/c1-10-20(8)29-15-13-12-14-21(29)24(30)27-23(18(5)6)25(31)28(9)22(17(3)4)16-19(7)26(32)33-11-2/h16-18,20-23H,10-15H2,1-9H3,(H,27,30)/b19-16+/t20?,21-,22-,23+/m1/s1. The highest BCUT2D eigenvalue weighted by atomic mass is 16.5. The summed E-state index contributed by atoms with van der Waals surface area (Å²) < 4.78 is 5.10.